The highest BCUT2D eigenvalue weighted by atomic mass is 32.2. The lowest BCUT2D eigenvalue weighted by molar-refractivity contribution is 0.583. The first-order valence-corrected chi connectivity index (χ1v) is 9.25. The van der Waals surface area contributed by atoms with Crippen molar-refractivity contribution in [3.05, 3.63) is 28.6 Å². The minimum absolute atomic E-state index is 0.0485. The van der Waals surface area contributed by atoms with Crippen LogP contribution in [-0.2, 0) is 6.54 Å². The van der Waals surface area contributed by atoms with Gasteiger partial charge in [-0.3, -0.25) is 9.36 Å². The Bertz CT molecular complexity index is 891. The number of hydrogen-bond donors (Lipinski definition) is 2. The predicted molar refractivity (Wildman–Crippen MR) is 92.4 cm³/mol. The second kappa shape index (κ2) is 6.43. The van der Waals surface area contributed by atoms with E-state index in [0.29, 0.717) is 28.8 Å². The van der Waals surface area contributed by atoms with E-state index < -0.39 is 0 Å². The van der Waals surface area contributed by atoms with Crippen LogP contribution < -0.4 is 5.56 Å². The molecule has 3 aromatic rings. The number of imidazole rings is 2. The molecule has 1 aliphatic carbocycles. The normalized spacial score (nSPS) is 15.5. The van der Waals surface area contributed by atoms with E-state index in [0.717, 1.165) is 30.2 Å². The van der Waals surface area contributed by atoms with Crippen LogP contribution >= 0.6 is 11.8 Å². The van der Waals surface area contributed by atoms with Gasteiger partial charge in [0.05, 0.1) is 0 Å². The average molecular weight is 344 g/mol. The number of H-pyrrole nitrogens is 2. The van der Waals surface area contributed by atoms with Crippen molar-refractivity contribution in [2.75, 3.05) is 0 Å². The van der Waals surface area contributed by atoms with Crippen LogP contribution in [0.1, 0.15) is 50.8 Å². The number of rotatable bonds is 5. The lowest BCUT2D eigenvalue weighted by atomic mass is 10.1. The molecule has 1 saturated carbocycles. The van der Waals surface area contributed by atoms with E-state index in [-0.39, 0.29) is 5.56 Å². The number of aromatic nitrogens is 6. The molecule has 1 fully saturated rings. The maximum atomic E-state index is 12.9. The Labute approximate surface area is 143 Å². The van der Waals surface area contributed by atoms with Gasteiger partial charge in [-0.05, 0) is 31.0 Å². The van der Waals surface area contributed by atoms with Crippen molar-refractivity contribution in [2.45, 2.75) is 61.8 Å². The summed E-state index contributed by atoms with van der Waals surface area (Å²) in [4.78, 5) is 32.7. The molecule has 0 atom stereocenters. The van der Waals surface area contributed by atoms with Crippen molar-refractivity contribution >= 4 is 22.9 Å². The molecule has 0 amide bonds. The molecule has 2 N–H and O–H groups in total. The van der Waals surface area contributed by atoms with Gasteiger partial charge in [0.15, 0.2) is 21.5 Å². The van der Waals surface area contributed by atoms with Crippen molar-refractivity contribution in [2.24, 2.45) is 0 Å². The molecule has 7 nitrogen and oxygen atoms in total. The fourth-order valence-corrected chi connectivity index (χ4v) is 4.10. The molecule has 0 aliphatic heterocycles. The average Bonchev–Trinajstić information content (AvgIpc) is 3.30. The molecule has 24 heavy (non-hydrogen) atoms. The Morgan fingerprint density at radius 1 is 1.33 bits per heavy atom. The molecule has 0 aromatic carbocycles. The number of fused-ring (bicyclic) bond motifs is 1. The first-order valence-electron chi connectivity index (χ1n) is 8.44. The van der Waals surface area contributed by atoms with E-state index in [1.54, 1.807) is 17.0 Å². The molecule has 0 bridgehead atoms. The van der Waals surface area contributed by atoms with Gasteiger partial charge in [0.25, 0.3) is 5.56 Å². The van der Waals surface area contributed by atoms with Crippen molar-refractivity contribution < 1.29 is 0 Å². The summed E-state index contributed by atoms with van der Waals surface area (Å²) in [5.74, 6) is 1.34. The van der Waals surface area contributed by atoms with Crippen LogP contribution in [0.4, 0.5) is 0 Å². The van der Waals surface area contributed by atoms with Crippen LogP contribution in [-0.4, -0.2) is 29.5 Å². The highest BCUT2D eigenvalue weighted by molar-refractivity contribution is 7.99. The summed E-state index contributed by atoms with van der Waals surface area (Å²) in [7, 11) is 0. The molecule has 1 aliphatic rings. The van der Waals surface area contributed by atoms with Gasteiger partial charge in [0, 0.05) is 24.9 Å². The van der Waals surface area contributed by atoms with E-state index in [4.69, 9.17) is 0 Å². The summed E-state index contributed by atoms with van der Waals surface area (Å²) in [5.41, 5.74) is 0.991. The minimum atomic E-state index is -0.0485. The smallest absolute Gasteiger partial charge is 0.280 e. The van der Waals surface area contributed by atoms with Crippen LogP contribution in [0, 0.1) is 0 Å². The van der Waals surface area contributed by atoms with Crippen LogP contribution in [0.2, 0.25) is 0 Å². The molecule has 4 rings (SSSR count). The first-order chi connectivity index (χ1) is 11.8. The Morgan fingerprint density at radius 2 is 2.17 bits per heavy atom. The molecule has 0 radical (unpaired) electrons. The van der Waals surface area contributed by atoms with Crippen LogP contribution in [0.15, 0.2) is 27.5 Å². The van der Waals surface area contributed by atoms with Gasteiger partial charge in [-0.1, -0.05) is 19.8 Å². The predicted octanol–water partition coefficient (Wildman–Crippen LogP) is 3.06. The third-order valence-electron chi connectivity index (χ3n) is 4.44. The summed E-state index contributed by atoms with van der Waals surface area (Å²) in [6.45, 7) is 2.68. The fourth-order valence-electron chi connectivity index (χ4n) is 3.27. The largest absolute Gasteiger partial charge is 0.339 e. The number of nitrogens with zero attached hydrogens (tertiary/aromatic N) is 4. The van der Waals surface area contributed by atoms with E-state index in [2.05, 4.69) is 31.8 Å². The first kappa shape index (κ1) is 15.4. The second-order valence-corrected chi connectivity index (χ2v) is 7.11. The minimum Gasteiger partial charge on any atom is -0.339 e. The van der Waals surface area contributed by atoms with E-state index in [9.17, 15) is 4.79 Å². The monoisotopic (exact) mass is 344 g/mol. The number of aromatic amines is 2. The molecule has 3 aromatic heterocycles. The molecular formula is C16H20N6OS. The van der Waals surface area contributed by atoms with Crippen molar-refractivity contribution in [3.63, 3.8) is 0 Å². The molecule has 0 spiro atoms. The van der Waals surface area contributed by atoms with Crippen LogP contribution in [0.5, 0.6) is 0 Å². The summed E-state index contributed by atoms with van der Waals surface area (Å²) in [6, 6.07) is 0. The van der Waals surface area contributed by atoms with Crippen molar-refractivity contribution in [3.8, 4) is 0 Å². The molecule has 126 valence electrons. The maximum Gasteiger partial charge on any atom is 0.280 e. The third-order valence-corrected chi connectivity index (χ3v) is 5.36. The molecule has 3 heterocycles. The SMILES string of the molecule is CCCn1c(Sc2ncc[nH]2)nc2nc(C3CCCC3)[nH]c2c1=O. The Morgan fingerprint density at radius 3 is 2.88 bits per heavy atom. The Hall–Kier alpha value is -2.09. The number of nitrogens with one attached hydrogen (secondary N) is 2. The third kappa shape index (κ3) is 2.75. The van der Waals surface area contributed by atoms with Gasteiger partial charge >= 0.3 is 0 Å². The summed E-state index contributed by atoms with van der Waals surface area (Å²) in [5, 5.41) is 1.35. The highest BCUT2D eigenvalue weighted by Crippen LogP contribution is 2.33. The van der Waals surface area contributed by atoms with E-state index >= 15 is 0 Å². The van der Waals surface area contributed by atoms with E-state index in [1.165, 1.54) is 24.6 Å². The zero-order valence-electron chi connectivity index (χ0n) is 13.6. The zero-order chi connectivity index (χ0) is 16.5. The molecule has 0 saturated heterocycles. The highest BCUT2D eigenvalue weighted by Gasteiger charge is 2.23. The second-order valence-electron chi connectivity index (χ2n) is 6.15. The van der Waals surface area contributed by atoms with Gasteiger partial charge < -0.3 is 9.97 Å². The van der Waals surface area contributed by atoms with Crippen LogP contribution in [0.3, 0.4) is 0 Å². The van der Waals surface area contributed by atoms with Gasteiger partial charge in [-0.15, -0.1) is 0 Å². The fraction of sp³-hybridized carbons (Fsp3) is 0.500. The molecule has 0 unspecified atom stereocenters. The van der Waals surface area contributed by atoms with Gasteiger partial charge in [-0.25, -0.2) is 15.0 Å². The Kier molecular flexibility index (Phi) is 4.13. The standard InChI is InChI=1S/C16H20N6OS/c1-2-9-22-14(23)11-13(20-12(19-11)10-5-3-4-6-10)21-16(22)24-15-17-7-8-18-15/h7-8,10H,2-6,9H2,1H3,(H,17,18)(H,19,20). The number of hydrogen-bond acceptors (Lipinski definition) is 5. The van der Waals surface area contributed by atoms with Gasteiger partial charge in [0.2, 0.25) is 0 Å². The Balaban J connectivity index is 1.81. The topological polar surface area (TPSA) is 92.2 Å². The van der Waals surface area contributed by atoms with Crippen molar-refractivity contribution in [1.29, 1.82) is 0 Å². The summed E-state index contributed by atoms with van der Waals surface area (Å²) < 4.78 is 1.71. The summed E-state index contributed by atoms with van der Waals surface area (Å²) >= 11 is 1.36. The zero-order valence-corrected chi connectivity index (χ0v) is 14.4. The van der Waals surface area contributed by atoms with Crippen LogP contribution in [0.25, 0.3) is 11.2 Å². The van der Waals surface area contributed by atoms with Gasteiger partial charge in [0.1, 0.15) is 5.82 Å². The summed E-state index contributed by atoms with van der Waals surface area (Å²) in [6.07, 6.45) is 9.05. The maximum absolute atomic E-state index is 12.9. The van der Waals surface area contributed by atoms with E-state index in [1.807, 2.05) is 0 Å². The molecule has 8 heteroatoms. The van der Waals surface area contributed by atoms with Crippen molar-refractivity contribution in [1.82, 2.24) is 29.5 Å². The lowest BCUT2D eigenvalue weighted by Gasteiger charge is -2.08. The quantitative estimate of drug-likeness (QED) is 0.694. The lowest BCUT2D eigenvalue weighted by Crippen LogP contribution is -2.23. The van der Waals surface area contributed by atoms with Gasteiger partial charge in [-0.2, -0.15) is 0 Å². The molecular weight excluding hydrogens is 324 g/mol.